The van der Waals surface area contributed by atoms with Crippen LogP contribution in [-0.2, 0) is 9.59 Å². The Bertz CT molecular complexity index is 886. The number of anilines is 2. The molecule has 4 rings (SSSR count). The first-order chi connectivity index (χ1) is 13.2. The van der Waals surface area contributed by atoms with Gasteiger partial charge in [0.1, 0.15) is 18.6 Å². The molecule has 2 aromatic carbocycles. The summed E-state index contributed by atoms with van der Waals surface area (Å²) in [6, 6.07) is 13.2. The first kappa shape index (κ1) is 17.7. The van der Waals surface area contributed by atoms with E-state index in [1.54, 1.807) is 16.7 Å². The van der Waals surface area contributed by atoms with Crippen LogP contribution in [-0.4, -0.2) is 30.8 Å². The van der Waals surface area contributed by atoms with Crippen molar-refractivity contribution in [2.75, 3.05) is 29.2 Å². The molecule has 0 radical (unpaired) electrons. The average Bonchev–Trinajstić information content (AvgIpc) is 3.09. The van der Waals surface area contributed by atoms with Gasteiger partial charge in [0.25, 0.3) is 0 Å². The van der Waals surface area contributed by atoms with Crippen molar-refractivity contribution in [1.82, 2.24) is 0 Å². The predicted octanol–water partition coefficient (Wildman–Crippen LogP) is 3.58. The van der Waals surface area contributed by atoms with Crippen molar-refractivity contribution in [3.05, 3.63) is 48.0 Å². The molecule has 1 N–H and O–H groups in total. The maximum absolute atomic E-state index is 12.6. The molecule has 2 aliphatic rings. The fourth-order valence-corrected chi connectivity index (χ4v) is 4.32. The molecule has 2 aliphatic heterocycles. The lowest BCUT2D eigenvalue weighted by Crippen LogP contribution is -2.28. The Morgan fingerprint density at radius 2 is 2.00 bits per heavy atom. The molecule has 6 nitrogen and oxygen atoms in total. The van der Waals surface area contributed by atoms with E-state index in [2.05, 4.69) is 5.32 Å². The van der Waals surface area contributed by atoms with E-state index in [1.807, 2.05) is 49.4 Å². The molecule has 2 heterocycles. The summed E-state index contributed by atoms with van der Waals surface area (Å²) in [5.41, 5.74) is 2.48. The number of carbonyl (C=O) groups excluding carboxylic acids is 2. The van der Waals surface area contributed by atoms with Crippen LogP contribution in [0.5, 0.6) is 11.5 Å². The lowest BCUT2D eigenvalue weighted by Gasteiger charge is -2.26. The van der Waals surface area contributed by atoms with Crippen molar-refractivity contribution in [2.24, 2.45) is 0 Å². The van der Waals surface area contributed by atoms with E-state index in [1.165, 1.54) is 0 Å². The molecule has 0 spiro atoms. The molecule has 27 heavy (non-hydrogen) atoms. The van der Waals surface area contributed by atoms with Crippen LogP contribution < -0.4 is 19.7 Å². The monoisotopic (exact) mass is 384 g/mol. The van der Waals surface area contributed by atoms with Crippen molar-refractivity contribution in [2.45, 2.75) is 18.7 Å². The summed E-state index contributed by atoms with van der Waals surface area (Å²) in [6.45, 7) is 2.85. The number of rotatable bonds is 4. The Labute approximate surface area is 161 Å². The van der Waals surface area contributed by atoms with Gasteiger partial charge in [-0.15, -0.1) is 11.8 Å². The first-order valence-electron chi connectivity index (χ1n) is 8.89. The molecular weight excluding hydrogens is 364 g/mol. The fourth-order valence-electron chi connectivity index (χ4n) is 3.15. The molecule has 0 saturated carbocycles. The van der Waals surface area contributed by atoms with E-state index < -0.39 is 0 Å². The molecule has 0 aliphatic carbocycles. The van der Waals surface area contributed by atoms with E-state index in [4.69, 9.17) is 9.47 Å². The smallest absolute Gasteiger partial charge is 0.238 e. The summed E-state index contributed by atoms with van der Waals surface area (Å²) in [6.07, 6.45) is 0.421. The quantitative estimate of drug-likeness (QED) is 0.873. The van der Waals surface area contributed by atoms with Crippen LogP contribution in [0.25, 0.3) is 0 Å². The van der Waals surface area contributed by atoms with Gasteiger partial charge in [0.2, 0.25) is 11.8 Å². The van der Waals surface area contributed by atoms with Gasteiger partial charge >= 0.3 is 0 Å². The Balaban J connectivity index is 1.64. The van der Waals surface area contributed by atoms with E-state index in [-0.39, 0.29) is 17.2 Å². The zero-order valence-corrected chi connectivity index (χ0v) is 15.8. The Morgan fingerprint density at radius 1 is 1.19 bits per heavy atom. The average molecular weight is 384 g/mol. The molecule has 7 heteroatoms. The van der Waals surface area contributed by atoms with Crippen LogP contribution in [0, 0.1) is 0 Å². The van der Waals surface area contributed by atoms with Crippen LogP contribution in [0.4, 0.5) is 11.4 Å². The molecule has 1 saturated heterocycles. The summed E-state index contributed by atoms with van der Waals surface area (Å²) in [7, 11) is 0. The van der Waals surface area contributed by atoms with Gasteiger partial charge in [0, 0.05) is 23.9 Å². The SMILES string of the molecule is CCC(=O)Nc1cccc(C2SCC(=O)N2c2ccc3c(c2)OCCO3)c1. The van der Waals surface area contributed by atoms with Gasteiger partial charge in [0.05, 0.1) is 5.75 Å². The lowest BCUT2D eigenvalue weighted by atomic mass is 10.1. The minimum absolute atomic E-state index is 0.0361. The van der Waals surface area contributed by atoms with Crippen molar-refractivity contribution >= 4 is 35.0 Å². The normalized spacial score (nSPS) is 18.5. The highest BCUT2D eigenvalue weighted by Gasteiger charge is 2.34. The van der Waals surface area contributed by atoms with Gasteiger partial charge in [-0.25, -0.2) is 0 Å². The van der Waals surface area contributed by atoms with Gasteiger partial charge in [-0.2, -0.15) is 0 Å². The van der Waals surface area contributed by atoms with Crippen molar-refractivity contribution < 1.29 is 19.1 Å². The van der Waals surface area contributed by atoms with E-state index >= 15 is 0 Å². The number of fused-ring (bicyclic) bond motifs is 1. The number of nitrogens with one attached hydrogen (secondary N) is 1. The van der Waals surface area contributed by atoms with Crippen LogP contribution >= 0.6 is 11.8 Å². The van der Waals surface area contributed by atoms with Gasteiger partial charge in [0.15, 0.2) is 11.5 Å². The van der Waals surface area contributed by atoms with E-state index in [0.29, 0.717) is 36.9 Å². The number of hydrogen-bond acceptors (Lipinski definition) is 5. The number of hydrogen-bond donors (Lipinski definition) is 1. The summed E-state index contributed by atoms with van der Waals surface area (Å²) in [5, 5.41) is 2.72. The molecule has 1 atom stereocenters. The summed E-state index contributed by atoms with van der Waals surface area (Å²) in [5.74, 6) is 1.77. The number of thioether (sulfide) groups is 1. The molecule has 2 aromatic rings. The highest BCUT2D eigenvalue weighted by Crippen LogP contribution is 2.44. The number of nitrogens with zero attached hydrogens (tertiary/aromatic N) is 1. The largest absolute Gasteiger partial charge is 0.486 e. The third-order valence-corrected chi connectivity index (χ3v) is 5.66. The van der Waals surface area contributed by atoms with Crippen molar-refractivity contribution in [1.29, 1.82) is 0 Å². The molecular formula is C20H20N2O4S. The minimum atomic E-state index is -0.154. The molecule has 0 aromatic heterocycles. The summed E-state index contributed by atoms with van der Waals surface area (Å²) < 4.78 is 11.2. The lowest BCUT2D eigenvalue weighted by molar-refractivity contribution is -0.116. The van der Waals surface area contributed by atoms with Crippen molar-refractivity contribution in [3.63, 3.8) is 0 Å². The van der Waals surface area contributed by atoms with Gasteiger partial charge in [-0.05, 0) is 29.8 Å². The van der Waals surface area contributed by atoms with E-state index in [9.17, 15) is 9.59 Å². The predicted molar refractivity (Wildman–Crippen MR) is 105 cm³/mol. The molecule has 2 amide bonds. The molecule has 1 fully saturated rings. The van der Waals surface area contributed by atoms with Gasteiger partial charge in [-0.1, -0.05) is 19.1 Å². The summed E-state index contributed by atoms with van der Waals surface area (Å²) in [4.78, 5) is 26.1. The molecule has 0 bridgehead atoms. The second-order valence-corrected chi connectivity index (χ2v) is 7.35. The fraction of sp³-hybridized carbons (Fsp3) is 0.300. The highest BCUT2D eigenvalue weighted by molar-refractivity contribution is 8.00. The zero-order valence-electron chi connectivity index (χ0n) is 14.9. The third-order valence-electron chi connectivity index (χ3n) is 4.45. The molecule has 1 unspecified atom stereocenters. The van der Waals surface area contributed by atoms with Crippen molar-refractivity contribution in [3.8, 4) is 11.5 Å². The van der Waals surface area contributed by atoms with Crippen LogP contribution in [0.15, 0.2) is 42.5 Å². The highest BCUT2D eigenvalue weighted by atomic mass is 32.2. The second-order valence-electron chi connectivity index (χ2n) is 6.28. The van der Waals surface area contributed by atoms with Crippen LogP contribution in [0.3, 0.4) is 0 Å². The topological polar surface area (TPSA) is 67.9 Å². The summed E-state index contributed by atoms with van der Waals surface area (Å²) >= 11 is 1.57. The Hall–Kier alpha value is -2.67. The Kier molecular flexibility index (Phi) is 4.94. The zero-order chi connectivity index (χ0) is 18.8. The van der Waals surface area contributed by atoms with Crippen LogP contribution in [0.2, 0.25) is 0 Å². The first-order valence-corrected chi connectivity index (χ1v) is 9.93. The molecule has 140 valence electrons. The second kappa shape index (κ2) is 7.52. The standard InChI is InChI=1S/C20H20N2O4S/c1-2-18(23)21-14-5-3-4-13(10-14)20-22(19(24)12-27-20)15-6-7-16-17(11-15)26-9-8-25-16/h3-7,10-11,20H,2,8-9,12H2,1H3,(H,21,23). The number of carbonyl (C=O) groups is 2. The number of benzene rings is 2. The van der Waals surface area contributed by atoms with Gasteiger partial charge in [-0.3, -0.25) is 14.5 Å². The maximum atomic E-state index is 12.6. The third kappa shape index (κ3) is 3.60. The van der Waals surface area contributed by atoms with Crippen LogP contribution in [0.1, 0.15) is 24.3 Å². The number of ether oxygens (including phenoxy) is 2. The Morgan fingerprint density at radius 3 is 2.81 bits per heavy atom. The number of amides is 2. The minimum Gasteiger partial charge on any atom is -0.486 e. The maximum Gasteiger partial charge on any atom is 0.238 e. The van der Waals surface area contributed by atoms with E-state index in [0.717, 1.165) is 16.9 Å². The van der Waals surface area contributed by atoms with Gasteiger partial charge < -0.3 is 14.8 Å².